The monoisotopic (exact) mass is 493 g/mol. The quantitative estimate of drug-likeness (QED) is 0.318. The summed E-state index contributed by atoms with van der Waals surface area (Å²) in [6, 6.07) is 20.0. The zero-order chi connectivity index (χ0) is 25.2. The van der Waals surface area contributed by atoms with E-state index < -0.39 is 6.10 Å². The molecule has 2 aromatic carbocycles. The molecule has 0 radical (unpaired) electrons. The molecule has 1 N–H and O–H groups in total. The van der Waals surface area contributed by atoms with Crippen molar-refractivity contribution in [3.63, 3.8) is 0 Å². The van der Waals surface area contributed by atoms with E-state index in [1.165, 1.54) is 0 Å². The van der Waals surface area contributed by atoms with Crippen LogP contribution in [-0.2, 0) is 23.1 Å². The Morgan fingerprint density at radius 2 is 1.89 bits per heavy atom. The number of aliphatic hydroxyl groups is 1. The molecule has 0 aliphatic carbocycles. The van der Waals surface area contributed by atoms with Gasteiger partial charge in [0.15, 0.2) is 0 Å². The lowest BCUT2D eigenvalue weighted by Gasteiger charge is -2.27. The van der Waals surface area contributed by atoms with Crippen LogP contribution in [0, 0.1) is 0 Å². The van der Waals surface area contributed by atoms with Gasteiger partial charge in [-0.2, -0.15) is 5.10 Å². The number of nitrogens with zero attached hydrogens (tertiary/aromatic N) is 3. The predicted molar refractivity (Wildman–Crippen MR) is 141 cm³/mol. The van der Waals surface area contributed by atoms with Crippen LogP contribution in [0.1, 0.15) is 38.2 Å². The summed E-state index contributed by atoms with van der Waals surface area (Å²) in [5.41, 5.74) is 2.91. The lowest BCUT2D eigenvalue weighted by Crippen LogP contribution is -2.39. The molecule has 0 amide bonds. The number of aliphatic hydroxyl groups excluding tert-OH is 1. The molecule has 7 nitrogen and oxygen atoms in total. The van der Waals surface area contributed by atoms with Gasteiger partial charge < -0.3 is 19.3 Å². The van der Waals surface area contributed by atoms with E-state index in [2.05, 4.69) is 24.0 Å². The van der Waals surface area contributed by atoms with Gasteiger partial charge in [-0.05, 0) is 31.4 Å². The number of para-hydroxylation sites is 1. The van der Waals surface area contributed by atoms with E-state index in [0.717, 1.165) is 61.4 Å². The summed E-state index contributed by atoms with van der Waals surface area (Å²) in [6.45, 7) is 5.73. The second kappa shape index (κ2) is 13.6. The fourth-order valence-corrected chi connectivity index (χ4v) is 4.57. The number of benzene rings is 2. The highest BCUT2D eigenvalue weighted by Gasteiger charge is 2.26. The first-order valence-corrected chi connectivity index (χ1v) is 13.1. The Morgan fingerprint density at radius 1 is 1.14 bits per heavy atom. The normalized spacial score (nSPS) is 16.5. The maximum absolute atomic E-state index is 10.8. The van der Waals surface area contributed by atoms with Gasteiger partial charge in [-0.15, -0.1) is 0 Å². The molecule has 1 saturated heterocycles. The van der Waals surface area contributed by atoms with Crippen LogP contribution >= 0.6 is 0 Å². The molecule has 0 spiro atoms. The van der Waals surface area contributed by atoms with Crippen molar-refractivity contribution in [2.45, 2.75) is 51.4 Å². The number of ether oxygens (including phenoxy) is 3. The Balaban J connectivity index is 1.60. The number of hydrogen-bond donors (Lipinski definition) is 1. The van der Waals surface area contributed by atoms with Crippen molar-refractivity contribution in [3.8, 4) is 22.9 Å². The molecular weight excluding hydrogens is 454 g/mol. The highest BCUT2D eigenvalue weighted by atomic mass is 16.5. The highest BCUT2D eigenvalue weighted by Crippen LogP contribution is 2.34. The SMILES string of the molecule is CCCCOC[C@H](O)CN(Cc1c(-c2ccccc2)nn(C)c1Oc1ccccc1)C[C@H]1CCCO1. The minimum Gasteiger partial charge on any atom is -0.439 e. The molecule has 2 atom stereocenters. The van der Waals surface area contributed by atoms with Crippen LogP contribution in [-0.4, -0.2) is 64.9 Å². The van der Waals surface area contributed by atoms with Crippen LogP contribution in [0.25, 0.3) is 11.3 Å². The van der Waals surface area contributed by atoms with Crippen LogP contribution < -0.4 is 4.74 Å². The number of aromatic nitrogens is 2. The molecular formula is C29H39N3O4. The van der Waals surface area contributed by atoms with E-state index >= 15 is 0 Å². The first-order valence-electron chi connectivity index (χ1n) is 13.1. The van der Waals surface area contributed by atoms with Gasteiger partial charge in [0.1, 0.15) is 11.4 Å². The van der Waals surface area contributed by atoms with Crippen LogP contribution in [0.15, 0.2) is 60.7 Å². The molecule has 4 rings (SSSR count). The zero-order valence-electron chi connectivity index (χ0n) is 21.5. The largest absolute Gasteiger partial charge is 0.439 e. The molecule has 1 fully saturated rings. The fourth-order valence-electron chi connectivity index (χ4n) is 4.57. The molecule has 0 unspecified atom stereocenters. The van der Waals surface area contributed by atoms with Gasteiger partial charge in [0.25, 0.3) is 0 Å². The van der Waals surface area contributed by atoms with E-state index in [-0.39, 0.29) is 6.10 Å². The molecule has 0 bridgehead atoms. The lowest BCUT2D eigenvalue weighted by molar-refractivity contribution is 0.00144. The summed E-state index contributed by atoms with van der Waals surface area (Å²) in [7, 11) is 1.91. The van der Waals surface area contributed by atoms with E-state index in [4.69, 9.17) is 19.3 Å². The number of rotatable bonds is 14. The van der Waals surface area contributed by atoms with Crippen LogP contribution in [0.2, 0.25) is 0 Å². The number of unbranched alkanes of at least 4 members (excludes halogenated alkanes) is 1. The van der Waals surface area contributed by atoms with Gasteiger partial charge in [-0.1, -0.05) is 61.9 Å². The molecule has 2 heterocycles. The standard InChI is InChI=1S/C29H39N3O4/c1-3-4-17-34-22-24(33)19-32(20-26-16-11-18-35-26)21-27-28(23-12-7-5-8-13-23)30-31(2)29(27)36-25-14-9-6-10-15-25/h5-10,12-15,24,26,33H,3-4,11,16-22H2,1-2H3/t24-,26-/m1/s1. The van der Waals surface area contributed by atoms with Crippen molar-refractivity contribution in [2.75, 3.05) is 32.9 Å². The Bertz CT molecular complexity index is 1040. The first kappa shape index (κ1) is 26.4. The van der Waals surface area contributed by atoms with Crippen molar-refractivity contribution in [3.05, 3.63) is 66.2 Å². The Labute approximate surface area is 214 Å². The molecule has 1 aliphatic heterocycles. The second-order valence-corrected chi connectivity index (χ2v) is 9.45. The van der Waals surface area contributed by atoms with Crippen LogP contribution in [0.3, 0.4) is 0 Å². The van der Waals surface area contributed by atoms with Crippen molar-refractivity contribution < 1.29 is 19.3 Å². The fraction of sp³-hybridized carbons (Fsp3) is 0.483. The van der Waals surface area contributed by atoms with Crippen molar-refractivity contribution in [2.24, 2.45) is 7.05 Å². The first-order chi connectivity index (χ1) is 17.6. The molecule has 194 valence electrons. The molecule has 1 aromatic heterocycles. The van der Waals surface area contributed by atoms with Crippen LogP contribution in [0.4, 0.5) is 0 Å². The number of hydrogen-bond acceptors (Lipinski definition) is 6. The van der Waals surface area contributed by atoms with Gasteiger partial charge in [0.05, 0.1) is 24.4 Å². The number of aryl methyl sites for hydroxylation is 1. The molecule has 7 heteroatoms. The van der Waals surface area contributed by atoms with E-state index in [9.17, 15) is 5.11 Å². The van der Waals surface area contributed by atoms with Gasteiger partial charge in [0.2, 0.25) is 5.88 Å². The predicted octanol–water partition coefficient (Wildman–Crippen LogP) is 5.04. The van der Waals surface area contributed by atoms with Gasteiger partial charge in [0, 0.05) is 45.5 Å². The summed E-state index contributed by atoms with van der Waals surface area (Å²) in [6.07, 6.45) is 3.77. The molecule has 1 aliphatic rings. The summed E-state index contributed by atoms with van der Waals surface area (Å²) in [4.78, 5) is 2.26. The van der Waals surface area contributed by atoms with Gasteiger partial charge in [-0.25, -0.2) is 4.68 Å². The molecule has 36 heavy (non-hydrogen) atoms. The van der Waals surface area contributed by atoms with E-state index in [1.54, 1.807) is 4.68 Å². The highest BCUT2D eigenvalue weighted by molar-refractivity contribution is 5.65. The topological polar surface area (TPSA) is 69.0 Å². The Morgan fingerprint density at radius 3 is 2.58 bits per heavy atom. The second-order valence-electron chi connectivity index (χ2n) is 9.45. The third kappa shape index (κ3) is 7.40. The Hall–Kier alpha value is -2.71. The van der Waals surface area contributed by atoms with E-state index in [1.807, 2.05) is 55.6 Å². The average molecular weight is 494 g/mol. The summed E-state index contributed by atoms with van der Waals surface area (Å²) in [5, 5.41) is 15.7. The third-order valence-electron chi connectivity index (χ3n) is 6.38. The minimum absolute atomic E-state index is 0.161. The maximum atomic E-state index is 10.8. The van der Waals surface area contributed by atoms with E-state index in [0.29, 0.717) is 32.2 Å². The minimum atomic E-state index is -0.585. The third-order valence-corrected chi connectivity index (χ3v) is 6.38. The van der Waals surface area contributed by atoms with Gasteiger partial charge >= 0.3 is 0 Å². The summed E-state index contributed by atoms with van der Waals surface area (Å²) in [5.74, 6) is 1.46. The van der Waals surface area contributed by atoms with Crippen molar-refractivity contribution in [1.82, 2.24) is 14.7 Å². The summed E-state index contributed by atoms with van der Waals surface area (Å²) >= 11 is 0. The van der Waals surface area contributed by atoms with Crippen molar-refractivity contribution >= 4 is 0 Å². The average Bonchev–Trinajstić information content (AvgIpc) is 3.51. The molecule has 0 saturated carbocycles. The Kier molecular flexibility index (Phi) is 9.93. The van der Waals surface area contributed by atoms with Crippen LogP contribution in [0.5, 0.6) is 11.6 Å². The smallest absolute Gasteiger partial charge is 0.222 e. The molecule has 3 aromatic rings. The lowest BCUT2D eigenvalue weighted by atomic mass is 10.1. The zero-order valence-corrected chi connectivity index (χ0v) is 21.5. The summed E-state index contributed by atoms with van der Waals surface area (Å²) < 4.78 is 19.8. The van der Waals surface area contributed by atoms with Gasteiger partial charge in [-0.3, -0.25) is 4.90 Å². The maximum Gasteiger partial charge on any atom is 0.222 e. The van der Waals surface area contributed by atoms with Crippen molar-refractivity contribution in [1.29, 1.82) is 0 Å².